The van der Waals surface area contributed by atoms with Crippen LogP contribution in [-0.2, 0) is 4.79 Å². The predicted octanol–water partition coefficient (Wildman–Crippen LogP) is 3.70. The van der Waals surface area contributed by atoms with E-state index in [4.69, 9.17) is 5.11 Å². The Kier molecular flexibility index (Phi) is 5.82. The SMILES string of the molecule is CCC(C)(C)CCCCC(C)C(=O)O. The van der Waals surface area contributed by atoms with Crippen molar-refractivity contribution in [2.75, 3.05) is 0 Å². The summed E-state index contributed by atoms with van der Waals surface area (Å²) in [6, 6.07) is 0. The third kappa shape index (κ3) is 6.01. The third-order valence-corrected chi connectivity index (χ3v) is 3.12. The largest absolute Gasteiger partial charge is 0.481 e. The van der Waals surface area contributed by atoms with E-state index in [2.05, 4.69) is 20.8 Å². The summed E-state index contributed by atoms with van der Waals surface area (Å²) in [5.74, 6) is -0.848. The van der Waals surface area contributed by atoms with E-state index >= 15 is 0 Å². The van der Waals surface area contributed by atoms with Crippen molar-refractivity contribution in [1.29, 1.82) is 0 Å². The van der Waals surface area contributed by atoms with Crippen molar-refractivity contribution in [2.45, 2.75) is 59.8 Å². The van der Waals surface area contributed by atoms with Gasteiger partial charge in [-0.05, 0) is 18.3 Å². The average molecular weight is 200 g/mol. The molecule has 0 aromatic heterocycles. The van der Waals surface area contributed by atoms with Crippen LogP contribution in [0, 0.1) is 11.3 Å². The fraction of sp³-hybridized carbons (Fsp3) is 0.917. The predicted molar refractivity (Wildman–Crippen MR) is 59.3 cm³/mol. The fourth-order valence-electron chi connectivity index (χ4n) is 1.35. The van der Waals surface area contributed by atoms with Gasteiger partial charge in [0.2, 0.25) is 0 Å². The van der Waals surface area contributed by atoms with Gasteiger partial charge in [-0.15, -0.1) is 0 Å². The third-order valence-electron chi connectivity index (χ3n) is 3.12. The lowest BCUT2D eigenvalue weighted by Crippen LogP contribution is -2.11. The highest BCUT2D eigenvalue weighted by Gasteiger charge is 2.15. The topological polar surface area (TPSA) is 37.3 Å². The van der Waals surface area contributed by atoms with Gasteiger partial charge in [0.05, 0.1) is 5.92 Å². The quantitative estimate of drug-likeness (QED) is 0.636. The molecule has 0 aliphatic rings. The molecule has 0 aromatic carbocycles. The minimum atomic E-state index is -0.667. The number of carboxylic acid groups (broad SMARTS) is 1. The lowest BCUT2D eigenvalue weighted by atomic mass is 9.84. The van der Waals surface area contributed by atoms with E-state index in [1.165, 1.54) is 12.8 Å². The van der Waals surface area contributed by atoms with E-state index in [1.54, 1.807) is 6.92 Å². The zero-order valence-corrected chi connectivity index (χ0v) is 9.97. The maximum Gasteiger partial charge on any atom is 0.306 e. The lowest BCUT2D eigenvalue weighted by Gasteiger charge is -2.22. The van der Waals surface area contributed by atoms with Crippen LogP contribution in [0.1, 0.15) is 59.8 Å². The zero-order chi connectivity index (χ0) is 11.2. The monoisotopic (exact) mass is 200 g/mol. The van der Waals surface area contributed by atoms with Crippen molar-refractivity contribution in [2.24, 2.45) is 11.3 Å². The van der Waals surface area contributed by atoms with E-state index in [-0.39, 0.29) is 5.92 Å². The van der Waals surface area contributed by atoms with Gasteiger partial charge in [-0.25, -0.2) is 0 Å². The zero-order valence-electron chi connectivity index (χ0n) is 9.97. The molecule has 14 heavy (non-hydrogen) atoms. The number of aliphatic carboxylic acids is 1. The highest BCUT2D eigenvalue weighted by molar-refractivity contribution is 5.69. The number of hydrogen-bond donors (Lipinski definition) is 1. The number of hydrogen-bond acceptors (Lipinski definition) is 1. The summed E-state index contributed by atoms with van der Waals surface area (Å²) < 4.78 is 0. The summed E-state index contributed by atoms with van der Waals surface area (Å²) in [7, 11) is 0. The number of unbranched alkanes of at least 4 members (excludes halogenated alkanes) is 1. The molecule has 0 fully saturated rings. The van der Waals surface area contributed by atoms with E-state index in [1.807, 2.05) is 0 Å². The fourth-order valence-corrected chi connectivity index (χ4v) is 1.35. The Morgan fingerprint density at radius 3 is 2.36 bits per heavy atom. The molecule has 0 aliphatic heterocycles. The average Bonchev–Trinajstić information content (AvgIpc) is 2.12. The normalized spacial score (nSPS) is 14.0. The minimum absolute atomic E-state index is 0.181. The van der Waals surface area contributed by atoms with Gasteiger partial charge in [-0.3, -0.25) is 4.79 Å². The van der Waals surface area contributed by atoms with Crippen molar-refractivity contribution < 1.29 is 9.90 Å². The summed E-state index contributed by atoms with van der Waals surface area (Å²) in [5, 5.41) is 8.69. The summed E-state index contributed by atoms with van der Waals surface area (Å²) in [5.41, 5.74) is 0.423. The van der Waals surface area contributed by atoms with Crippen LogP contribution in [0.4, 0.5) is 0 Å². The Hall–Kier alpha value is -0.530. The second kappa shape index (κ2) is 6.05. The van der Waals surface area contributed by atoms with Crippen LogP contribution in [0.15, 0.2) is 0 Å². The molecule has 1 N–H and O–H groups in total. The van der Waals surface area contributed by atoms with E-state index in [9.17, 15) is 4.79 Å². The Bertz CT molecular complexity index is 173. The molecule has 0 spiro atoms. The van der Waals surface area contributed by atoms with Crippen molar-refractivity contribution in [3.8, 4) is 0 Å². The van der Waals surface area contributed by atoms with Gasteiger partial charge in [0.1, 0.15) is 0 Å². The van der Waals surface area contributed by atoms with Gasteiger partial charge in [0.25, 0.3) is 0 Å². The van der Waals surface area contributed by atoms with Gasteiger partial charge in [0.15, 0.2) is 0 Å². The summed E-state index contributed by atoms with van der Waals surface area (Å²) in [6.45, 7) is 8.54. The minimum Gasteiger partial charge on any atom is -0.481 e. The first-order chi connectivity index (χ1) is 6.39. The molecular formula is C12H24O2. The van der Waals surface area contributed by atoms with Crippen molar-refractivity contribution in [3.63, 3.8) is 0 Å². The van der Waals surface area contributed by atoms with Crippen LogP contribution in [0.25, 0.3) is 0 Å². The van der Waals surface area contributed by atoms with E-state index < -0.39 is 5.97 Å². The highest BCUT2D eigenvalue weighted by atomic mass is 16.4. The smallest absolute Gasteiger partial charge is 0.306 e. The van der Waals surface area contributed by atoms with Crippen molar-refractivity contribution in [3.05, 3.63) is 0 Å². The number of rotatable bonds is 7. The van der Waals surface area contributed by atoms with Crippen LogP contribution < -0.4 is 0 Å². The Morgan fingerprint density at radius 1 is 1.36 bits per heavy atom. The first kappa shape index (κ1) is 13.5. The van der Waals surface area contributed by atoms with E-state index in [0.29, 0.717) is 5.41 Å². The van der Waals surface area contributed by atoms with E-state index in [0.717, 1.165) is 19.3 Å². The lowest BCUT2D eigenvalue weighted by molar-refractivity contribution is -0.141. The van der Waals surface area contributed by atoms with Gasteiger partial charge in [-0.1, -0.05) is 47.0 Å². The molecule has 0 aliphatic carbocycles. The molecule has 0 heterocycles. The van der Waals surface area contributed by atoms with Crippen molar-refractivity contribution in [1.82, 2.24) is 0 Å². The maximum absolute atomic E-state index is 10.5. The molecule has 0 amide bonds. The summed E-state index contributed by atoms with van der Waals surface area (Å²) >= 11 is 0. The Labute approximate surface area is 87.7 Å². The molecule has 84 valence electrons. The molecule has 0 saturated carbocycles. The second-order valence-electron chi connectivity index (χ2n) is 5.00. The second-order valence-corrected chi connectivity index (χ2v) is 5.00. The molecule has 0 aromatic rings. The molecule has 0 radical (unpaired) electrons. The Balaban J connectivity index is 3.52. The first-order valence-electron chi connectivity index (χ1n) is 5.62. The summed E-state index contributed by atoms with van der Waals surface area (Å²) in [6.07, 6.45) is 5.40. The molecular weight excluding hydrogens is 176 g/mol. The van der Waals surface area contributed by atoms with Gasteiger partial charge in [0, 0.05) is 0 Å². The van der Waals surface area contributed by atoms with Crippen molar-refractivity contribution >= 4 is 5.97 Å². The van der Waals surface area contributed by atoms with Crippen LogP contribution in [0.2, 0.25) is 0 Å². The number of carbonyl (C=O) groups is 1. The van der Waals surface area contributed by atoms with Crippen LogP contribution >= 0.6 is 0 Å². The first-order valence-corrected chi connectivity index (χ1v) is 5.62. The highest BCUT2D eigenvalue weighted by Crippen LogP contribution is 2.27. The molecule has 0 saturated heterocycles. The van der Waals surface area contributed by atoms with Gasteiger partial charge >= 0.3 is 5.97 Å². The number of carboxylic acids is 1. The molecule has 0 rings (SSSR count). The van der Waals surface area contributed by atoms with Crippen LogP contribution in [0.5, 0.6) is 0 Å². The van der Waals surface area contributed by atoms with Crippen LogP contribution in [0.3, 0.4) is 0 Å². The maximum atomic E-state index is 10.5. The standard InChI is InChI=1S/C12H24O2/c1-5-12(3,4)9-7-6-8-10(2)11(13)14/h10H,5-9H2,1-4H3,(H,13,14). The summed E-state index contributed by atoms with van der Waals surface area (Å²) in [4.78, 5) is 10.5. The van der Waals surface area contributed by atoms with Gasteiger partial charge in [-0.2, -0.15) is 0 Å². The molecule has 2 heteroatoms. The molecule has 2 nitrogen and oxygen atoms in total. The molecule has 1 atom stereocenters. The van der Waals surface area contributed by atoms with Gasteiger partial charge < -0.3 is 5.11 Å². The molecule has 1 unspecified atom stereocenters. The van der Waals surface area contributed by atoms with Crippen LogP contribution in [-0.4, -0.2) is 11.1 Å². The molecule has 0 bridgehead atoms. The Morgan fingerprint density at radius 2 is 1.93 bits per heavy atom.